The van der Waals surface area contributed by atoms with Gasteiger partial charge in [0.2, 0.25) is 0 Å². The molecule has 0 aliphatic heterocycles. The average molecular weight is 501 g/mol. The van der Waals surface area contributed by atoms with Gasteiger partial charge in [0.25, 0.3) is 11.8 Å². The highest BCUT2D eigenvalue weighted by atomic mass is 19.3. The summed E-state index contributed by atoms with van der Waals surface area (Å²) in [7, 11) is 0. The van der Waals surface area contributed by atoms with Crippen LogP contribution in [0.15, 0.2) is 36.7 Å². The van der Waals surface area contributed by atoms with Gasteiger partial charge in [-0.2, -0.15) is 10.4 Å². The fraction of sp³-hybridized carbons (Fsp3) is 0.440. The maximum absolute atomic E-state index is 14.6. The summed E-state index contributed by atoms with van der Waals surface area (Å²) in [4.78, 5) is 17.2. The van der Waals surface area contributed by atoms with Crippen LogP contribution < -0.4 is 10.6 Å². The highest BCUT2D eigenvalue weighted by Gasteiger charge is 2.42. The zero-order valence-corrected chi connectivity index (χ0v) is 19.9. The largest absolute Gasteiger partial charge is 0.387 e. The van der Waals surface area contributed by atoms with Crippen molar-refractivity contribution in [2.45, 2.75) is 63.3 Å². The van der Waals surface area contributed by atoms with Gasteiger partial charge in [0.05, 0.1) is 58.1 Å². The van der Waals surface area contributed by atoms with E-state index in [0.29, 0.717) is 35.3 Å². The van der Waals surface area contributed by atoms with Crippen LogP contribution in [0.3, 0.4) is 0 Å². The third-order valence-electron chi connectivity index (χ3n) is 6.34. The van der Waals surface area contributed by atoms with Gasteiger partial charge in [-0.05, 0) is 51.0 Å². The number of fused-ring (bicyclic) bond motifs is 1. The van der Waals surface area contributed by atoms with Gasteiger partial charge < -0.3 is 15.7 Å². The Hall–Kier alpha value is -3.65. The summed E-state index contributed by atoms with van der Waals surface area (Å²) in [6.45, 7) is 2.11. The lowest BCUT2D eigenvalue weighted by Crippen LogP contribution is -2.43. The molecule has 2 atom stereocenters. The first-order chi connectivity index (χ1) is 17.0. The number of amides is 1. The standard InChI is InChI=1S/C25H27F3N6O2/c1-24(2,36)21(26)14-31-23(35)17-13-30-19(10-18(17)33-22-5-3-4-8-25(22,27)28)20-7-6-16-9-15(11-29)12-32-34(16)20/h6-7,9-10,12-13,21-22,36H,3-5,8,14H2,1-2H3,(H,30,33)(H,31,35)/t21-,22?/m1/s1. The molecule has 1 fully saturated rings. The minimum atomic E-state index is -2.96. The molecule has 8 nitrogen and oxygen atoms in total. The number of carbonyl (C=O) groups is 1. The molecule has 0 spiro atoms. The van der Waals surface area contributed by atoms with Crippen molar-refractivity contribution in [1.29, 1.82) is 5.26 Å². The Bertz CT molecular complexity index is 1310. The summed E-state index contributed by atoms with van der Waals surface area (Å²) in [5, 5.41) is 28.4. The normalized spacial score (nSPS) is 18.4. The molecule has 1 aliphatic carbocycles. The summed E-state index contributed by atoms with van der Waals surface area (Å²) >= 11 is 0. The van der Waals surface area contributed by atoms with Crippen LogP contribution in [0.1, 0.15) is 55.5 Å². The van der Waals surface area contributed by atoms with Gasteiger partial charge in [0.1, 0.15) is 12.2 Å². The number of aromatic nitrogens is 3. The summed E-state index contributed by atoms with van der Waals surface area (Å²) in [6.07, 6.45) is 1.92. The Labute approximate surface area is 206 Å². The van der Waals surface area contributed by atoms with E-state index in [1.54, 1.807) is 22.7 Å². The number of carbonyl (C=O) groups excluding carboxylic acids is 1. The van der Waals surface area contributed by atoms with E-state index in [2.05, 4.69) is 20.7 Å². The van der Waals surface area contributed by atoms with Crippen LogP contribution in [0.2, 0.25) is 0 Å². The van der Waals surface area contributed by atoms with Crippen molar-refractivity contribution in [2.75, 3.05) is 11.9 Å². The van der Waals surface area contributed by atoms with Gasteiger partial charge in [-0.25, -0.2) is 17.7 Å². The quantitative estimate of drug-likeness (QED) is 0.450. The Balaban J connectivity index is 1.70. The number of pyridine rings is 1. The Morgan fingerprint density at radius 1 is 1.33 bits per heavy atom. The number of nitrogens with zero attached hydrogens (tertiary/aromatic N) is 4. The minimum Gasteiger partial charge on any atom is -0.387 e. The van der Waals surface area contributed by atoms with Gasteiger partial charge in [-0.1, -0.05) is 6.42 Å². The number of hydrogen-bond acceptors (Lipinski definition) is 6. The molecule has 3 aromatic heterocycles. The summed E-state index contributed by atoms with van der Waals surface area (Å²) < 4.78 is 45.0. The smallest absolute Gasteiger partial charge is 0.267 e. The van der Waals surface area contributed by atoms with E-state index in [0.717, 1.165) is 0 Å². The molecule has 3 heterocycles. The van der Waals surface area contributed by atoms with Crippen LogP contribution in [0.25, 0.3) is 16.9 Å². The fourth-order valence-corrected chi connectivity index (χ4v) is 4.14. The van der Waals surface area contributed by atoms with Crippen molar-refractivity contribution in [3.63, 3.8) is 0 Å². The highest BCUT2D eigenvalue weighted by molar-refractivity contribution is 6.00. The van der Waals surface area contributed by atoms with E-state index in [-0.39, 0.29) is 24.1 Å². The first-order valence-electron chi connectivity index (χ1n) is 11.7. The number of anilines is 1. The molecule has 4 rings (SSSR count). The fourth-order valence-electron chi connectivity index (χ4n) is 4.14. The number of rotatable bonds is 7. The van der Waals surface area contributed by atoms with Crippen LogP contribution in [0.5, 0.6) is 0 Å². The van der Waals surface area contributed by atoms with Crippen LogP contribution in [0, 0.1) is 11.3 Å². The molecule has 190 valence electrons. The topological polar surface area (TPSA) is 115 Å². The van der Waals surface area contributed by atoms with Crippen molar-refractivity contribution < 1.29 is 23.1 Å². The molecule has 1 aliphatic rings. The molecule has 36 heavy (non-hydrogen) atoms. The zero-order chi connectivity index (χ0) is 26.1. The number of nitriles is 1. The number of alkyl halides is 3. The average Bonchev–Trinajstić information content (AvgIpc) is 3.26. The van der Waals surface area contributed by atoms with Crippen molar-refractivity contribution in [3.8, 4) is 17.5 Å². The Morgan fingerprint density at radius 2 is 2.11 bits per heavy atom. The summed E-state index contributed by atoms with van der Waals surface area (Å²) in [5.74, 6) is -3.67. The lowest BCUT2D eigenvalue weighted by Gasteiger charge is -2.33. The summed E-state index contributed by atoms with van der Waals surface area (Å²) in [5.41, 5.74) is 0.369. The second-order valence-electron chi connectivity index (χ2n) is 9.56. The van der Waals surface area contributed by atoms with Crippen molar-refractivity contribution in [3.05, 3.63) is 47.8 Å². The molecule has 1 amide bonds. The Kier molecular flexibility index (Phi) is 6.91. The van der Waals surface area contributed by atoms with Gasteiger partial charge in [-0.3, -0.25) is 9.78 Å². The minimum absolute atomic E-state index is 0.0244. The van der Waals surface area contributed by atoms with E-state index in [1.807, 2.05) is 6.07 Å². The lowest BCUT2D eigenvalue weighted by molar-refractivity contribution is -0.0449. The Morgan fingerprint density at radius 3 is 2.81 bits per heavy atom. The second kappa shape index (κ2) is 9.78. The van der Waals surface area contributed by atoms with Crippen LogP contribution in [0.4, 0.5) is 18.9 Å². The highest BCUT2D eigenvalue weighted by Crippen LogP contribution is 2.36. The third kappa shape index (κ3) is 5.28. The van der Waals surface area contributed by atoms with Gasteiger partial charge in [0, 0.05) is 12.6 Å². The van der Waals surface area contributed by atoms with E-state index < -0.39 is 36.2 Å². The van der Waals surface area contributed by atoms with Crippen molar-refractivity contribution in [1.82, 2.24) is 19.9 Å². The van der Waals surface area contributed by atoms with E-state index in [1.165, 1.54) is 32.3 Å². The van der Waals surface area contributed by atoms with Gasteiger partial charge in [0.15, 0.2) is 0 Å². The molecule has 0 saturated heterocycles. The van der Waals surface area contributed by atoms with Gasteiger partial charge >= 0.3 is 0 Å². The lowest BCUT2D eigenvalue weighted by atomic mass is 9.91. The van der Waals surface area contributed by atoms with Crippen molar-refractivity contribution >= 4 is 17.1 Å². The van der Waals surface area contributed by atoms with Crippen LogP contribution in [-0.2, 0) is 0 Å². The predicted molar refractivity (Wildman–Crippen MR) is 127 cm³/mol. The molecule has 0 bridgehead atoms. The van der Waals surface area contributed by atoms with Crippen molar-refractivity contribution in [2.24, 2.45) is 0 Å². The number of nitrogens with one attached hydrogen (secondary N) is 2. The predicted octanol–water partition coefficient (Wildman–Crippen LogP) is 4.10. The molecule has 1 unspecified atom stereocenters. The second-order valence-corrected chi connectivity index (χ2v) is 9.56. The molecule has 0 aromatic carbocycles. The third-order valence-corrected chi connectivity index (χ3v) is 6.34. The monoisotopic (exact) mass is 500 g/mol. The maximum atomic E-state index is 14.6. The number of aliphatic hydroxyl groups is 1. The number of halogens is 3. The van der Waals surface area contributed by atoms with E-state index in [9.17, 15) is 23.1 Å². The molecule has 1 saturated carbocycles. The zero-order valence-electron chi connectivity index (χ0n) is 19.9. The van der Waals surface area contributed by atoms with Crippen LogP contribution in [-0.4, -0.2) is 55.9 Å². The SMILES string of the molecule is CC(C)(O)[C@H](F)CNC(=O)c1cnc(-c2ccc3cc(C#N)cnn23)cc1NC1CCCCC1(F)F. The van der Waals surface area contributed by atoms with Crippen LogP contribution >= 0.6 is 0 Å². The molecule has 0 radical (unpaired) electrons. The molecule has 3 aromatic rings. The molecular weight excluding hydrogens is 473 g/mol. The molecule has 11 heteroatoms. The first-order valence-corrected chi connectivity index (χ1v) is 11.7. The number of hydrogen-bond donors (Lipinski definition) is 3. The first kappa shape index (κ1) is 25.4. The maximum Gasteiger partial charge on any atom is 0.267 e. The summed E-state index contributed by atoms with van der Waals surface area (Å²) in [6, 6.07) is 7.44. The molecular formula is C25H27F3N6O2. The van der Waals surface area contributed by atoms with E-state index in [4.69, 9.17) is 5.26 Å². The van der Waals surface area contributed by atoms with E-state index >= 15 is 0 Å². The molecule has 3 N–H and O–H groups in total. The van der Waals surface area contributed by atoms with Gasteiger partial charge in [-0.15, -0.1) is 0 Å².